The highest BCUT2D eigenvalue weighted by Gasteiger charge is 2.72. The summed E-state index contributed by atoms with van der Waals surface area (Å²) in [5.41, 5.74) is 9.45. The van der Waals surface area contributed by atoms with Gasteiger partial charge in [-0.25, -0.2) is 37.5 Å². The quantitative estimate of drug-likeness (QED) is 0.0770. The van der Waals surface area contributed by atoms with Gasteiger partial charge in [-0.3, -0.25) is 38.7 Å². The standard InChI is InChI=1S/C24H24F4N6O.2C24H25F3N6O/c1-12-6-29-21-14(12)3-4-17(21)31-23(35)18-10-33(11-30-18)7-13-2-5-19(32-20(13)22(25)26)34-8-15-16(9-34)24(15,27)28;1-13-7-28-21-18(13)3-4-19(21)30-23(34)17-8-29-33(12-17)11-14-2-5-20(31-22(14)24(25,26)27)32-9-15-6-16(15)10-32;1-13-6-29-22-18(13)2-3-20(22)31-23(34)17-8-30-33(12-17)11-16-7-28-21(5-19(16)24(25,26)27)32-9-14-4-15(14)10-32/h2,5,10-11,15-17,22H,3-4,6-9H2,1H3,(H,31,35);2,5,8,12,15-16,19H,3-4,6-7,9-11H2,1H3,(H,30,34);5,7-8,12,14-15,20H,2-4,6,9-11H2,1H3,(H,31,34)/t15?,16?,17-;15?,16?,19-;14?,15?,20-/m111/s1. The van der Waals surface area contributed by atoms with Crippen molar-refractivity contribution in [1.82, 2.24) is 60.0 Å². The first-order valence-electron chi connectivity index (χ1n) is 35.0. The van der Waals surface area contributed by atoms with Gasteiger partial charge in [-0.1, -0.05) is 12.1 Å². The van der Waals surface area contributed by atoms with E-state index in [1.165, 1.54) is 105 Å². The number of imidazole rings is 1. The molecule has 0 radical (unpaired) electrons. The van der Waals surface area contributed by atoms with Gasteiger partial charge >= 0.3 is 12.4 Å². The van der Waals surface area contributed by atoms with Gasteiger partial charge in [0.1, 0.15) is 28.8 Å². The number of carbonyl (C=O) groups excluding carboxylic acids is 3. The second-order valence-corrected chi connectivity index (χ2v) is 29.4. The van der Waals surface area contributed by atoms with E-state index in [1.807, 2.05) is 9.80 Å². The Bertz CT molecular complexity index is 4410. The van der Waals surface area contributed by atoms with Crippen LogP contribution >= 0.6 is 0 Å². The smallest absolute Gasteiger partial charge is 0.356 e. The minimum atomic E-state index is -4.57. The van der Waals surface area contributed by atoms with Gasteiger partial charge in [-0.05, 0) is 153 Å². The summed E-state index contributed by atoms with van der Waals surface area (Å²) in [6.45, 7) is 11.4. The highest BCUT2D eigenvalue weighted by Crippen LogP contribution is 2.60. The average molecular weight is 1430 g/mol. The van der Waals surface area contributed by atoms with Gasteiger partial charge in [0.15, 0.2) is 5.69 Å². The number of hydrogen-bond donors (Lipinski definition) is 3. The number of piperidine rings is 3. The number of nitrogens with one attached hydrogen (secondary N) is 3. The molecule has 6 aromatic heterocycles. The third kappa shape index (κ3) is 13.5. The lowest BCUT2D eigenvalue weighted by atomic mass is 10.1. The summed E-state index contributed by atoms with van der Waals surface area (Å²) in [5.74, 6) is -1.60. The Morgan fingerprint density at radius 3 is 1.50 bits per heavy atom. The number of pyridine rings is 3. The van der Waals surface area contributed by atoms with E-state index in [0.717, 1.165) is 87.9 Å². The van der Waals surface area contributed by atoms with Crippen molar-refractivity contribution in [2.45, 2.75) is 135 Å². The first kappa shape index (κ1) is 67.9. The molecule has 31 heteroatoms. The van der Waals surface area contributed by atoms with Crippen LogP contribution < -0.4 is 30.7 Å². The number of alkyl halides is 10. The second-order valence-electron chi connectivity index (χ2n) is 29.4. The van der Waals surface area contributed by atoms with E-state index < -0.39 is 53.5 Å². The molecular formula is C72H74F10N18O3. The number of hydrogen-bond acceptors (Lipinski definition) is 15. The number of fused-ring (bicyclic) bond motifs is 6. The Balaban J connectivity index is 0.000000119. The topological polar surface area (TPSA) is 226 Å². The number of rotatable bonds is 16. The minimum absolute atomic E-state index is 0.0250. The Kier molecular flexibility index (Phi) is 17.1. The first-order valence-corrected chi connectivity index (χ1v) is 35.0. The van der Waals surface area contributed by atoms with E-state index >= 15 is 0 Å². The monoisotopic (exact) mass is 1430 g/mol. The molecule has 9 fully saturated rings. The van der Waals surface area contributed by atoms with Crippen LogP contribution in [0, 0.1) is 35.5 Å². The minimum Gasteiger partial charge on any atom is -0.356 e. The van der Waals surface area contributed by atoms with Crippen LogP contribution in [0.4, 0.5) is 61.4 Å². The van der Waals surface area contributed by atoms with Crippen molar-refractivity contribution in [2.75, 3.05) is 73.6 Å². The third-order valence-corrected chi connectivity index (χ3v) is 22.4. The maximum absolute atomic E-state index is 13.8. The number of carbonyl (C=O) groups is 3. The molecule has 21 nitrogen and oxygen atoms in total. The Morgan fingerprint density at radius 2 is 1.01 bits per heavy atom. The van der Waals surface area contributed by atoms with E-state index in [9.17, 15) is 58.3 Å². The van der Waals surface area contributed by atoms with Crippen molar-refractivity contribution in [1.29, 1.82) is 0 Å². The highest BCUT2D eigenvalue weighted by molar-refractivity contribution is 6.12. The van der Waals surface area contributed by atoms with E-state index in [0.29, 0.717) is 66.1 Å². The molecular weight excluding hydrogens is 1350 g/mol. The van der Waals surface area contributed by atoms with Crippen LogP contribution in [0.1, 0.15) is 143 Å². The predicted octanol–water partition coefficient (Wildman–Crippen LogP) is 10.6. The lowest BCUT2D eigenvalue weighted by molar-refractivity contribution is -0.142. The summed E-state index contributed by atoms with van der Waals surface area (Å²) in [4.78, 5) is 73.9. The number of halogens is 10. The van der Waals surface area contributed by atoms with Crippen LogP contribution in [0.25, 0.3) is 0 Å². The fraction of sp³-hybridized carbons (Fsp3) is 0.500. The van der Waals surface area contributed by atoms with Gasteiger partial charge in [-0.2, -0.15) is 36.5 Å². The van der Waals surface area contributed by atoms with Gasteiger partial charge in [0.25, 0.3) is 30.1 Å². The highest BCUT2D eigenvalue weighted by atomic mass is 19.4. The maximum Gasteiger partial charge on any atom is 0.433 e. The van der Waals surface area contributed by atoms with Crippen molar-refractivity contribution < 1.29 is 58.3 Å². The van der Waals surface area contributed by atoms with E-state index in [-0.39, 0.29) is 96.8 Å². The number of amides is 3. The molecule has 18 rings (SSSR count). The van der Waals surface area contributed by atoms with E-state index in [2.05, 4.69) is 81.8 Å². The Morgan fingerprint density at radius 1 is 0.544 bits per heavy atom. The molecule has 0 bridgehead atoms. The average Bonchev–Trinajstić information content (AvgIpc) is 1.55. The molecule has 3 saturated heterocycles. The van der Waals surface area contributed by atoms with Gasteiger partial charge in [0.2, 0.25) is 0 Å². The summed E-state index contributed by atoms with van der Waals surface area (Å²) in [7, 11) is 0. The van der Waals surface area contributed by atoms with Crippen molar-refractivity contribution in [2.24, 2.45) is 50.5 Å². The molecule has 6 aliphatic heterocycles. The molecule has 12 heterocycles. The van der Waals surface area contributed by atoms with Gasteiger partial charge in [0.05, 0.1) is 122 Å². The van der Waals surface area contributed by atoms with Crippen molar-refractivity contribution in [3.8, 4) is 0 Å². The molecule has 9 atom stereocenters. The summed E-state index contributed by atoms with van der Waals surface area (Å²) in [6.07, 6.45) is 5.48. The van der Waals surface area contributed by atoms with Crippen LogP contribution in [0.2, 0.25) is 0 Å². The number of aliphatic imine (C=N–C) groups is 3. The third-order valence-electron chi connectivity index (χ3n) is 22.4. The second kappa shape index (κ2) is 26.0. The summed E-state index contributed by atoms with van der Waals surface area (Å²) in [6, 6.07) is 7.00. The molecule has 6 aromatic rings. The van der Waals surface area contributed by atoms with E-state index in [1.54, 1.807) is 27.7 Å². The SMILES string of the molecule is CC1=C2CC[C@@H](NC(=O)c3cn(Cc4ccc(N5CC6C(C5)C6(F)F)nc4C(F)F)cn3)C2=NC1.CC1=C2CC[C@@H](NC(=O)c3cnn(Cc4ccc(N5CC6CC6C5)nc4C(F)(F)F)c3)C2=NC1.CC1=C2CC[C@@H](NC(=O)c3cnn(Cc4cnc(N5CC6CC6C5)cc4C(F)(F)F)c3)C2=NC1. The molecule has 3 N–H and O–H groups in total. The number of aromatic nitrogens is 9. The fourth-order valence-electron chi connectivity index (χ4n) is 16.4. The molecule has 540 valence electrons. The van der Waals surface area contributed by atoms with Gasteiger partial charge in [-0.15, -0.1) is 0 Å². The zero-order valence-corrected chi connectivity index (χ0v) is 56.6. The molecule has 12 aliphatic rings. The fourth-order valence-corrected chi connectivity index (χ4v) is 16.4. The zero-order valence-electron chi connectivity index (χ0n) is 56.6. The van der Waals surface area contributed by atoms with Crippen LogP contribution in [0.15, 0.2) is 122 Å². The Hall–Kier alpha value is -9.58. The summed E-state index contributed by atoms with van der Waals surface area (Å²) < 4.78 is 142. The summed E-state index contributed by atoms with van der Waals surface area (Å²) in [5, 5.41) is 17.2. The van der Waals surface area contributed by atoms with Crippen LogP contribution in [-0.4, -0.2) is 162 Å². The van der Waals surface area contributed by atoms with Gasteiger partial charge < -0.3 is 35.2 Å². The van der Waals surface area contributed by atoms with Crippen LogP contribution in [-0.2, 0) is 32.0 Å². The lowest BCUT2D eigenvalue weighted by Crippen LogP contribution is -2.37. The zero-order chi connectivity index (χ0) is 71.7. The maximum atomic E-state index is 13.8. The molecule has 6 saturated carbocycles. The van der Waals surface area contributed by atoms with Crippen LogP contribution in [0.3, 0.4) is 0 Å². The normalized spacial score (nSPS) is 25.7. The lowest BCUT2D eigenvalue weighted by Gasteiger charge is -2.22. The van der Waals surface area contributed by atoms with Crippen molar-refractivity contribution >= 4 is 52.3 Å². The molecule has 6 unspecified atom stereocenters. The molecule has 103 heavy (non-hydrogen) atoms. The van der Waals surface area contributed by atoms with Crippen molar-refractivity contribution in [3.05, 3.63) is 158 Å². The molecule has 3 amide bonds. The summed E-state index contributed by atoms with van der Waals surface area (Å²) >= 11 is 0. The molecule has 0 aromatic carbocycles. The van der Waals surface area contributed by atoms with Crippen LogP contribution in [0.5, 0.6) is 0 Å². The first-order chi connectivity index (χ1) is 49.2. The Labute approximate surface area is 584 Å². The van der Waals surface area contributed by atoms with Crippen molar-refractivity contribution in [3.63, 3.8) is 0 Å². The number of nitrogens with zero attached hydrogens (tertiary/aromatic N) is 15. The van der Waals surface area contributed by atoms with E-state index in [4.69, 9.17) is 0 Å². The predicted molar refractivity (Wildman–Crippen MR) is 360 cm³/mol. The van der Waals surface area contributed by atoms with Gasteiger partial charge in [0, 0.05) is 75.2 Å². The molecule has 6 aliphatic carbocycles. The molecule has 0 spiro atoms. The largest absolute Gasteiger partial charge is 0.433 e. The number of anilines is 3.